The Balaban J connectivity index is 2.27. The van der Waals surface area contributed by atoms with Crippen LogP contribution in [-0.4, -0.2) is 28.2 Å². The summed E-state index contributed by atoms with van der Waals surface area (Å²) >= 11 is 0. The number of rotatable bonds is 4. The molecule has 0 radical (unpaired) electrons. The van der Waals surface area contributed by atoms with Crippen LogP contribution in [0.3, 0.4) is 0 Å². The molecule has 22 heavy (non-hydrogen) atoms. The maximum absolute atomic E-state index is 13.6. The van der Waals surface area contributed by atoms with Gasteiger partial charge < -0.3 is 20.1 Å². The van der Waals surface area contributed by atoms with Crippen LogP contribution in [0.15, 0.2) is 36.4 Å². The van der Waals surface area contributed by atoms with E-state index < -0.39 is 23.1 Å². The topological polar surface area (TPSA) is 87.0 Å². The molecule has 0 spiro atoms. The summed E-state index contributed by atoms with van der Waals surface area (Å²) in [6.45, 7) is 0. The van der Waals surface area contributed by atoms with Crippen LogP contribution in [-0.2, 0) is 0 Å². The van der Waals surface area contributed by atoms with Crippen LogP contribution in [0.1, 0.15) is 15.9 Å². The summed E-state index contributed by atoms with van der Waals surface area (Å²) in [5.74, 6) is -2.30. The molecular weight excluding hydrogens is 291 g/mol. The highest BCUT2D eigenvalue weighted by atomic mass is 19.1. The summed E-state index contributed by atoms with van der Waals surface area (Å²) in [6, 6.07) is 5.90. The molecule has 0 amide bonds. The summed E-state index contributed by atoms with van der Waals surface area (Å²) in [4.78, 5) is 12.0. The molecule has 0 aliphatic carbocycles. The second kappa shape index (κ2) is 6.17. The summed E-state index contributed by atoms with van der Waals surface area (Å²) in [5, 5.41) is 28.2. The Hall–Kier alpha value is -3.02. The van der Waals surface area contributed by atoms with Crippen molar-refractivity contribution in [1.82, 2.24) is 0 Å². The molecule has 6 heteroatoms. The molecular formula is C16H13FO5. The average molecular weight is 304 g/mol. The Kier molecular flexibility index (Phi) is 4.31. The van der Waals surface area contributed by atoms with E-state index >= 15 is 0 Å². The SMILES string of the molecule is COc1ccc(C(=O)C=Cc2cc(O)c(O)cc2F)c(O)c1. The van der Waals surface area contributed by atoms with Gasteiger partial charge in [0.1, 0.15) is 17.3 Å². The highest BCUT2D eigenvalue weighted by molar-refractivity contribution is 6.08. The van der Waals surface area contributed by atoms with Gasteiger partial charge in [-0.3, -0.25) is 4.79 Å². The number of carbonyl (C=O) groups is 1. The van der Waals surface area contributed by atoms with E-state index in [1.165, 1.54) is 25.3 Å². The molecule has 2 aromatic carbocycles. The molecule has 0 heterocycles. The Morgan fingerprint density at radius 1 is 1.09 bits per heavy atom. The number of ether oxygens (including phenoxy) is 1. The van der Waals surface area contributed by atoms with Gasteiger partial charge in [0.25, 0.3) is 0 Å². The Morgan fingerprint density at radius 2 is 1.77 bits per heavy atom. The fraction of sp³-hybridized carbons (Fsp3) is 0.0625. The van der Waals surface area contributed by atoms with Crippen LogP contribution in [0, 0.1) is 5.82 Å². The van der Waals surface area contributed by atoms with Crippen LogP contribution in [0.4, 0.5) is 4.39 Å². The van der Waals surface area contributed by atoms with Gasteiger partial charge in [-0.15, -0.1) is 0 Å². The molecule has 0 saturated carbocycles. The molecule has 0 aliphatic heterocycles. The number of aromatic hydroxyl groups is 3. The number of hydrogen-bond donors (Lipinski definition) is 3. The highest BCUT2D eigenvalue weighted by Crippen LogP contribution is 2.28. The van der Waals surface area contributed by atoms with Crippen molar-refractivity contribution < 1.29 is 29.2 Å². The van der Waals surface area contributed by atoms with Crippen LogP contribution in [0.25, 0.3) is 6.08 Å². The van der Waals surface area contributed by atoms with Gasteiger partial charge in [-0.05, 0) is 30.4 Å². The highest BCUT2D eigenvalue weighted by Gasteiger charge is 2.11. The van der Waals surface area contributed by atoms with Crippen molar-refractivity contribution in [2.75, 3.05) is 7.11 Å². The van der Waals surface area contributed by atoms with Crippen molar-refractivity contribution in [3.63, 3.8) is 0 Å². The van der Waals surface area contributed by atoms with Gasteiger partial charge in [0, 0.05) is 17.7 Å². The third-order valence-corrected chi connectivity index (χ3v) is 2.98. The number of halogens is 1. The molecule has 0 unspecified atom stereocenters. The van der Waals surface area contributed by atoms with Crippen molar-refractivity contribution in [3.8, 4) is 23.0 Å². The zero-order valence-corrected chi connectivity index (χ0v) is 11.6. The predicted octanol–water partition coefficient (Wildman–Crippen LogP) is 2.85. The molecule has 0 saturated heterocycles. The van der Waals surface area contributed by atoms with Crippen LogP contribution in [0.5, 0.6) is 23.0 Å². The largest absolute Gasteiger partial charge is 0.507 e. The third kappa shape index (κ3) is 3.17. The van der Waals surface area contributed by atoms with Crippen LogP contribution in [0.2, 0.25) is 0 Å². The number of carbonyl (C=O) groups excluding carboxylic acids is 1. The lowest BCUT2D eigenvalue weighted by Crippen LogP contribution is -1.96. The standard InChI is InChI=1S/C16H13FO5/c1-22-10-3-4-11(14(19)7-10)13(18)5-2-9-6-15(20)16(21)8-12(9)17/h2-8,19-21H,1H3. The maximum atomic E-state index is 13.6. The number of benzene rings is 2. The first-order valence-electron chi connectivity index (χ1n) is 6.23. The number of phenols is 3. The maximum Gasteiger partial charge on any atom is 0.189 e. The fourth-order valence-electron chi connectivity index (χ4n) is 1.80. The zero-order valence-electron chi connectivity index (χ0n) is 11.6. The van der Waals surface area contributed by atoms with Gasteiger partial charge in [0.05, 0.1) is 12.7 Å². The quantitative estimate of drug-likeness (QED) is 0.459. The Bertz CT molecular complexity index is 752. The summed E-state index contributed by atoms with van der Waals surface area (Å²) in [6.07, 6.45) is 2.19. The first-order chi connectivity index (χ1) is 10.4. The normalized spacial score (nSPS) is 10.8. The Labute approximate surface area is 125 Å². The van der Waals surface area contributed by atoms with Crippen LogP contribution >= 0.6 is 0 Å². The van der Waals surface area contributed by atoms with Crippen molar-refractivity contribution in [2.45, 2.75) is 0 Å². The van der Waals surface area contributed by atoms with E-state index in [2.05, 4.69) is 0 Å². The van der Waals surface area contributed by atoms with E-state index in [0.717, 1.165) is 24.3 Å². The molecule has 0 fully saturated rings. The van der Waals surface area contributed by atoms with Gasteiger partial charge >= 0.3 is 0 Å². The van der Waals surface area contributed by atoms with Crippen molar-refractivity contribution in [2.24, 2.45) is 0 Å². The van der Waals surface area contributed by atoms with Gasteiger partial charge in [0.2, 0.25) is 0 Å². The molecule has 2 aromatic rings. The van der Waals surface area contributed by atoms with Crippen LogP contribution < -0.4 is 4.74 Å². The fourth-order valence-corrected chi connectivity index (χ4v) is 1.80. The molecule has 0 aromatic heterocycles. The van der Waals surface area contributed by atoms with E-state index in [1.807, 2.05) is 0 Å². The lowest BCUT2D eigenvalue weighted by molar-refractivity contribution is 0.104. The summed E-state index contributed by atoms with van der Waals surface area (Å²) < 4.78 is 18.5. The number of phenolic OH excluding ortho intramolecular Hbond substituents is 3. The zero-order chi connectivity index (χ0) is 16.3. The number of allylic oxidation sites excluding steroid dienone is 1. The van der Waals surface area contributed by atoms with Gasteiger partial charge in [-0.25, -0.2) is 4.39 Å². The summed E-state index contributed by atoms with van der Waals surface area (Å²) in [5.41, 5.74) is -0.0443. The molecule has 2 rings (SSSR count). The number of methoxy groups -OCH3 is 1. The number of hydrogen-bond acceptors (Lipinski definition) is 5. The third-order valence-electron chi connectivity index (χ3n) is 2.98. The van der Waals surface area contributed by atoms with Gasteiger partial charge in [-0.2, -0.15) is 0 Å². The second-order valence-electron chi connectivity index (χ2n) is 4.44. The minimum Gasteiger partial charge on any atom is -0.507 e. The smallest absolute Gasteiger partial charge is 0.189 e. The minimum atomic E-state index is -0.793. The Morgan fingerprint density at radius 3 is 2.41 bits per heavy atom. The predicted molar refractivity (Wildman–Crippen MR) is 77.8 cm³/mol. The minimum absolute atomic E-state index is 0.0282. The van der Waals surface area contributed by atoms with E-state index in [0.29, 0.717) is 5.75 Å². The van der Waals surface area contributed by atoms with E-state index in [4.69, 9.17) is 9.84 Å². The lowest BCUT2D eigenvalue weighted by Gasteiger charge is -2.04. The lowest BCUT2D eigenvalue weighted by atomic mass is 10.1. The monoisotopic (exact) mass is 304 g/mol. The molecule has 0 aliphatic rings. The molecule has 5 nitrogen and oxygen atoms in total. The molecule has 0 atom stereocenters. The van der Waals surface area contributed by atoms with E-state index in [1.54, 1.807) is 0 Å². The summed E-state index contributed by atoms with van der Waals surface area (Å²) in [7, 11) is 1.43. The first kappa shape index (κ1) is 15.4. The van der Waals surface area contributed by atoms with E-state index in [-0.39, 0.29) is 16.9 Å². The average Bonchev–Trinajstić information content (AvgIpc) is 2.49. The number of ketones is 1. The van der Waals surface area contributed by atoms with E-state index in [9.17, 15) is 19.4 Å². The molecule has 114 valence electrons. The molecule has 0 bridgehead atoms. The van der Waals surface area contributed by atoms with Gasteiger partial charge in [0.15, 0.2) is 17.3 Å². The second-order valence-corrected chi connectivity index (χ2v) is 4.44. The molecule has 3 N–H and O–H groups in total. The van der Waals surface area contributed by atoms with Crippen molar-refractivity contribution in [1.29, 1.82) is 0 Å². The first-order valence-corrected chi connectivity index (χ1v) is 6.23. The van der Waals surface area contributed by atoms with Crippen molar-refractivity contribution in [3.05, 3.63) is 53.4 Å². The van der Waals surface area contributed by atoms with Gasteiger partial charge in [-0.1, -0.05) is 0 Å². The van der Waals surface area contributed by atoms with Crippen molar-refractivity contribution >= 4 is 11.9 Å².